The summed E-state index contributed by atoms with van der Waals surface area (Å²) in [4.78, 5) is 23.1. The zero-order valence-corrected chi connectivity index (χ0v) is 12.4. The first-order chi connectivity index (χ1) is 10.5. The van der Waals surface area contributed by atoms with Crippen LogP contribution in [-0.2, 0) is 11.2 Å². The van der Waals surface area contributed by atoms with E-state index in [1.807, 2.05) is 6.92 Å². The van der Waals surface area contributed by atoms with Crippen molar-refractivity contribution in [1.29, 1.82) is 0 Å². The predicted molar refractivity (Wildman–Crippen MR) is 81.2 cm³/mol. The Bertz CT molecular complexity index is 697. The summed E-state index contributed by atoms with van der Waals surface area (Å²) in [5, 5.41) is 11.6. The maximum Gasteiger partial charge on any atom is 0.276 e. The van der Waals surface area contributed by atoms with Gasteiger partial charge in [0.2, 0.25) is 5.91 Å². The molecule has 0 fully saturated rings. The smallest absolute Gasteiger partial charge is 0.276 e. The number of aromatic nitrogens is 2. The Kier molecular flexibility index (Phi) is 4.88. The van der Waals surface area contributed by atoms with Crippen LogP contribution in [0.1, 0.15) is 36.5 Å². The number of benzene rings is 1. The van der Waals surface area contributed by atoms with Gasteiger partial charge in [-0.15, -0.1) is 0 Å². The zero-order chi connectivity index (χ0) is 16.1. The van der Waals surface area contributed by atoms with E-state index >= 15 is 0 Å². The molecule has 2 rings (SSSR count). The number of aromatic amines is 1. The van der Waals surface area contributed by atoms with Gasteiger partial charge in [-0.05, 0) is 30.7 Å². The normalized spacial score (nSPS) is 10.3. The molecule has 6 nitrogen and oxygen atoms in total. The van der Waals surface area contributed by atoms with Gasteiger partial charge < -0.3 is 10.6 Å². The van der Waals surface area contributed by atoms with E-state index < -0.39 is 11.7 Å². The monoisotopic (exact) mass is 304 g/mol. The fourth-order valence-electron chi connectivity index (χ4n) is 1.96. The maximum absolute atomic E-state index is 13.8. The number of amides is 2. The van der Waals surface area contributed by atoms with E-state index in [-0.39, 0.29) is 17.3 Å². The fraction of sp³-hybridized carbons (Fsp3) is 0.267. The molecule has 7 heteroatoms. The Morgan fingerprint density at radius 2 is 2.05 bits per heavy atom. The summed E-state index contributed by atoms with van der Waals surface area (Å²) < 4.78 is 13.8. The highest BCUT2D eigenvalue weighted by Gasteiger charge is 2.13. The molecule has 22 heavy (non-hydrogen) atoms. The number of anilines is 2. The van der Waals surface area contributed by atoms with Crippen molar-refractivity contribution < 1.29 is 14.0 Å². The Balaban J connectivity index is 2.14. The number of hydrogen-bond donors (Lipinski definition) is 3. The summed E-state index contributed by atoms with van der Waals surface area (Å²) >= 11 is 0. The molecule has 0 unspecified atom stereocenters. The van der Waals surface area contributed by atoms with Crippen molar-refractivity contribution >= 4 is 23.2 Å². The molecule has 2 amide bonds. The maximum atomic E-state index is 13.8. The summed E-state index contributed by atoms with van der Waals surface area (Å²) in [5.74, 6) is -1.38. The molecule has 0 aliphatic heterocycles. The van der Waals surface area contributed by atoms with E-state index in [0.717, 1.165) is 18.5 Å². The molecule has 0 radical (unpaired) electrons. The van der Waals surface area contributed by atoms with Crippen LogP contribution in [0.5, 0.6) is 0 Å². The van der Waals surface area contributed by atoms with Crippen molar-refractivity contribution in [3.8, 4) is 0 Å². The minimum absolute atomic E-state index is 0.0173. The van der Waals surface area contributed by atoms with Crippen molar-refractivity contribution in [2.24, 2.45) is 0 Å². The van der Waals surface area contributed by atoms with Crippen molar-refractivity contribution in [2.45, 2.75) is 26.7 Å². The second-order valence-electron chi connectivity index (χ2n) is 4.86. The first-order valence-corrected chi connectivity index (χ1v) is 6.92. The molecule has 1 heterocycles. The molecule has 0 aliphatic carbocycles. The molecule has 1 aromatic heterocycles. The number of nitrogens with zero attached hydrogens (tertiary/aromatic N) is 1. The number of halogens is 1. The van der Waals surface area contributed by atoms with Crippen molar-refractivity contribution in [1.82, 2.24) is 10.2 Å². The van der Waals surface area contributed by atoms with Gasteiger partial charge in [-0.25, -0.2) is 4.39 Å². The minimum Gasteiger partial charge on any atom is -0.326 e. The SMILES string of the molecule is CCCc1cc(C(=O)Nc2cc(NC(C)=O)ccc2F)n[nH]1. The van der Waals surface area contributed by atoms with Crippen LogP contribution in [0.2, 0.25) is 0 Å². The number of hydrogen-bond acceptors (Lipinski definition) is 3. The summed E-state index contributed by atoms with van der Waals surface area (Å²) in [6, 6.07) is 5.58. The van der Waals surface area contributed by atoms with Gasteiger partial charge in [-0.2, -0.15) is 5.10 Å². The van der Waals surface area contributed by atoms with Crippen LogP contribution in [0.25, 0.3) is 0 Å². The third-order valence-corrected chi connectivity index (χ3v) is 2.92. The third kappa shape index (κ3) is 3.91. The van der Waals surface area contributed by atoms with Crippen LogP contribution >= 0.6 is 0 Å². The van der Waals surface area contributed by atoms with Gasteiger partial charge in [-0.3, -0.25) is 14.7 Å². The Labute approximate surface area is 127 Å². The van der Waals surface area contributed by atoms with Gasteiger partial charge in [0.15, 0.2) is 5.69 Å². The highest BCUT2D eigenvalue weighted by Crippen LogP contribution is 2.20. The molecule has 0 spiro atoms. The van der Waals surface area contributed by atoms with Gasteiger partial charge in [0.25, 0.3) is 5.91 Å². The van der Waals surface area contributed by atoms with Crippen molar-refractivity contribution in [3.05, 3.63) is 41.5 Å². The van der Waals surface area contributed by atoms with E-state index in [4.69, 9.17) is 0 Å². The van der Waals surface area contributed by atoms with Gasteiger partial charge in [0.05, 0.1) is 5.69 Å². The number of aryl methyl sites for hydroxylation is 1. The molecule has 116 valence electrons. The summed E-state index contributed by atoms with van der Waals surface area (Å²) in [5.41, 5.74) is 1.42. The molecule has 0 saturated heterocycles. The molecular formula is C15H17FN4O2. The highest BCUT2D eigenvalue weighted by molar-refractivity contribution is 6.03. The summed E-state index contributed by atoms with van der Waals surface area (Å²) in [6.07, 6.45) is 1.71. The molecular weight excluding hydrogens is 287 g/mol. The molecule has 2 aromatic rings. The van der Waals surface area contributed by atoms with Crippen molar-refractivity contribution in [2.75, 3.05) is 10.6 Å². The Morgan fingerprint density at radius 1 is 1.27 bits per heavy atom. The minimum atomic E-state index is -0.591. The van der Waals surface area contributed by atoms with E-state index in [1.54, 1.807) is 6.07 Å². The van der Waals surface area contributed by atoms with Crippen molar-refractivity contribution in [3.63, 3.8) is 0 Å². The number of rotatable bonds is 5. The van der Waals surface area contributed by atoms with Gasteiger partial charge in [0.1, 0.15) is 5.82 Å². The lowest BCUT2D eigenvalue weighted by molar-refractivity contribution is -0.114. The highest BCUT2D eigenvalue weighted by atomic mass is 19.1. The van der Waals surface area contributed by atoms with Crippen LogP contribution in [0.15, 0.2) is 24.3 Å². The second kappa shape index (κ2) is 6.84. The van der Waals surface area contributed by atoms with Crippen LogP contribution in [0.3, 0.4) is 0 Å². The third-order valence-electron chi connectivity index (χ3n) is 2.92. The van der Waals surface area contributed by atoms with Gasteiger partial charge >= 0.3 is 0 Å². The molecule has 0 bridgehead atoms. The van der Waals surface area contributed by atoms with Crippen LogP contribution in [0, 0.1) is 5.82 Å². The quantitative estimate of drug-likeness (QED) is 0.793. The number of nitrogens with one attached hydrogen (secondary N) is 3. The first-order valence-electron chi connectivity index (χ1n) is 6.92. The number of carbonyl (C=O) groups excluding carboxylic acids is 2. The molecule has 0 aliphatic rings. The zero-order valence-electron chi connectivity index (χ0n) is 12.4. The van der Waals surface area contributed by atoms with E-state index in [1.165, 1.54) is 25.1 Å². The van der Waals surface area contributed by atoms with Gasteiger partial charge in [0, 0.05) is 18.3 Å². The average Bonchev–Trinajstić information content (AvgIpc) is 2.91. The number of carbonyl (C=O) groups is 2. The number of H-pyrrole nitrogens is 1. The fourth-order valence-corrected chi connectivity index (χ4v) is 1.96. The molecule has 3 N–H and O–H groups in total. The van der Waals surface area contributed by atoms with Crippen LogP contribution in [-0.4, -0.2) is 22.0 Å². The lowest BCUT2D eigenvalue weighted by atomic mass is 10.2. The topological polar surface area (TPSA) is 86.9 Å². The average molecular weight is 304 g/mol. The molecule has 0 saturated carbocycles. The van der Waals surface area contributed by atoms with Crippen LogP contribution < -0.4 is 10.6 Å². The Morgan fingerprint density at radius 3 is 2.73 bits per heavy atom. The second-order valence-corrected chi connectivity index (χ2v) is 4.86. The van der Waals surface area contributed by atoms with E-state index in [0.29, 0.717) is 5.69 Å². The molecule has 1 aromatic carbocycles. The standard InChI is InChI=1S/C15H17FN4O2/c1-3-4-11-8-14(20-19-11)15(22)18-13-7-10(17-9(2)21)5-6-12(13)16/h5-8H,3-4H2,1-2H3,(H,17,21)(H,18,22)(H,19,20). The predicted octanol–water partition coefficient (Wildman–Crippen LogP) is 2.71. The van der Waals surface area contributed by atoms with E-state index in [2.05, 4.69) is 20.8 Å². The largest absolute Gasteiger partial charge is 0.326 e. The Hall–Kier alpha value is -2.70. The lowest BCUT2D eigenvalue weighted by Gasteiger charge is -2.08. The van der Waals surface area contributed by atoms with Gasteiger partial charge in [-0.1, -0.05) is 13.3 Å². The van der Waals surface area contributed by atoms with Crippen LogP contribution in [0.4, 0.5) is 15.8 Å². The first kappa shape index (κ1) is 15.7. The van der Waals surface area contributed by atoms with E-state index in [9.17, 15) is 14.0 Å². The molecule has 0 atom stereocenters. The summed E-state index contributed by atoms with van der Waals surface area (Å²) in [6.45, 7) is 3.37. The lowest BCUT2D eigenvalue weighted by Crippen LogP contribution is -2.14. The summed E-state index contributed by atoms with van der Waals surface area (Å²) in [7, 11) is 0.